The van der Waals surface area contributed by atoms with Gasteiger partial charge in [-0.3, -0.25) is 4.98 Å². The van der Waals surface area contributed by atoms with Crippen LogP contribution in [0, 0.1) is 13.8 Å². The Hall–Kier alpha value is -2.30. The number of hydrogen-bond acceptors (Lipinski definition) is 7. The smallest absolute Gasteiger partial charge is 0.252 e. The molecule has 0 atom stereocenters. The van der Waals surface area contributed by atoms with Crippen LogP contribution in [0.5, 0.6) is 0 Å². The van der Waals surface area contributed by atoms with E-state index in [1.54, 1.807) is 41.6 Å². The van der Waals surface area contributed by atoms with Gasteiger partial charge in [-0.05, 0) is 31.4 Å². The van der Waals surface area contributed by atoms with Gasteiger partial charge in [0.25, 0.3) is 10.0 Å². The normalized spacial score (nSPS) is 11.8. The highest BCUT2D eigenvalue weighted by atomic mass is 32.2. The molecule has 0 saturated heterocycles. The van der Waals surface area contributed by atoms with E-state index in [2.05, 4.69) is 20.4 Å². The number of aromatic nitrogens is 4. The maximum absolute atomic E-state index is 12.4. The Morgan fingerprint density at radius 3 is 2.77 bits per heavy atom. The lowest BCUT2D eigenvalue weighted by Crippen LogP contribution is -2.31. The van der Waals surface area contributed by atoms with E-state index in [0.717, 1.165) is 11.4 Å². The monoisotopic (exact) mass is 392 g/mol. The zero-order chi connectivity index (χ0) is 18.7. The third kappa shape index (κ3) is 3.92. The summed E-state index contributed by atoms with van der Waals surface area (Å²) >= 11 is 1.21. The van der Waals surface area contributed by atoms with Crippen LogP contribution in [-0.2, 0) is 10.0 Å². The van der Waals surface area contributed by atoms with Crippen molar-refractivity contribution >= 4 is 27.2 Å². The third-order valence-corrected chi connectivity index (χ3v) is 6.97. The average molecular weight is 393 g/mol. The molecule has 0 aromatic carbocycles. The van der Waals surface area contributed by atoms with Gasteiger partial charge in [-0.25, -0.2) is 18.1 Å². The molecule has 3 aromatic heterocycles. The highest BCUT2D eigenvalue weighted by Gasteiger charge is 2.21. The van der Waals surface area contributed by atoms with Gasteiger partial charge in [0.1, 0.15) is 10.0 Å². The van der Waals surface area contributed by atoms with E-state index in [0.29, 0.717) is 28.9 Å². The van der Waals surface area contributed by atoms with Crippen LogP contribution in [0.15, 0.2) is 40.2 Å². The summed E-state index contributed by atoms with van der Waals surface area (Å²) in [5.41, 5.74) is 1.87. The number of aryl methyl sites for hydroxylation is 2. The van der Waals surface area contributed by atoms with Gasteiger partial charge >= 0.3 is 0 Å². The summed E-state index contributed by atoms with van der Waals surface area (Å²) in [7, 11) is -1.88. The lowest BCUT2D eigenvalue weighted by Gasteiger charge is -2.16. The number of nitrogens with zero attached hydrogens (tertiary/aromatic N) is 5. The first-order valence-corrected chi connectivity index (χ1v) is 10.3. The molecule has 0 amide bonds. The molecule has 3 rings (SSSR count). The number of sulfonamides is 1. The van der Waals surface area contributed by atoms with Crippen molar-refractivity contribution in [1.82, 2.24) is 24.1 Å². The molecule has 0 aliphatic rings. The summed E-state index contributed by atoms with van der Waals surface area (Å²) in [5, 5.41) is 9.25. The number of anilines is 1. The van der Waals surface area contributed by atoms with Crippen molar-refractivity contribution in [2.75, 3.05) is 25.5 Å². The van der Waals surface area contributed by atoms with Crippen molar-refractivity contribution in [2.24, 2.45) is 0 Å². The predicted octanol–water partition coefficient (Wildman–Crippen LogP) is 2.07. The Labute approximate surface area is 156 Å². The average Bonchev–Trinajstić information content (AvgIpc) is 3.25. The molecule has 138 valence electrons. The van der Waals surface area contributed by atoms with Gasteiger partial charge in [0, 0.05) is 25.8 Å². The first-order valence-electron chi connectivity index (χ1n) is 7.97. The summed E-state index contributed by atoms with van der Waals surface area (Å²) in [4.78, 5) is 8.67. The van der Waals surface area contributed by atoms with Crippen molar-refractivity contribution in [3.8, 4) is 5.82 Å². The second-order valence-electron chi connectivity index (χ2n) is 5.79. The van der Waals surface area contributed by atoms with E-state index < -0.39 is 10.0 Å². The molecule has 0 fully saturated rings. The van der Waals surface area contributed by atoms with Crippen LogP contribution in [0.3, 0.4) is 0 Å². The quantitative estimate of drug-likeness (QED) is 0.662. The molecule has 0 saturated carbocycles. The SMILES string of the molecule is Cc1cc(C)n(-c2cncc(NCCN(C)S(=O)(=O)c3cccs3)n2)n1. The molecule has 0 aliphatic heterocycles. The topological polar surface area (TPSA) is 93.0 Å². The number of nitrogens with one attached hydrogen (secondary N) is 1. The van der Waals surface area contributed by atoms with Crippen molar-refractivity contribution in [3.05, 3.63) is 47.4 Å². The van der Waals surface area contributed by atoms with Crippen LogP contribution in [0.25, 0.3) is 5.82 Å². The van der Waals surface area contributed by atoms with E-state index in [1.807, 2.05) is 19.9 Å². The molecule has 26 heavy (non-hydrogen) atoms. The van der Waals surface area contributed by atoms with Gasteiger partial charge < -0.3 is 5.32 Å². The first-order chi connectivity index (χ1) is 12.4. The van der Waals surface area contributed by atoms with Crippen LogP contribution < -0.4 is 5.32 Å². The van der Waals surface area contributed by atoms with Crippen LogP contribution in [0.2, 0.25) is 0 Å². The molecule has 10 heteroatoms. The zero-order valence-electron chi connectivity index (χ0n) is 14.7. The van der Waals surface area contributed by atoms with Crippen molar-refractivity contribution in [1.29, 1.82) is 0 Å². The summed E-state index contributed by atoms with van der Waals surface area (Å²) in [6.07, 6.45) is 3.24. The number of rotatable bonds is 7. The minimum Gasteiger partial charge on any atom is -0.367 e. The van der Waals surface area contributed by atoms with Gasteiger partial charge in [-0.15, -0.1) is 11.3 Å². The summed E-state index contributed by atoms with van der Waals surface area (Å²) in [5.74, 6) is 1.18. The summed E-state index contributed by atoms with van der Waals surface area (Å²) in [6, 6.07) is 5.29. The minimum absolute atomic E-state index is 0.312. The Morgan fingerprint density at radius 2 is 2.12 bits per heavy atom. The molecular weight excluding hydrogens is 372 g/mol. The number of thiophene rings is 1. The standard InChI is InChI=1S/C16H20N6O2S2/c1-12-9-13(2)22(20-12)15-11-17-10-14(19-15)18-6-7-21(3)26(23,24)16-5-4-8-25-16/h4-5,8-11H,6-7H2,1-3H3,(H,18,19). The molecule has 1 N–H and O–H groups in total. The second kappa shape index (κ2) is 7.52. The van der Waals surface area contributed by atoms with Gasteiger partial charge in [0.15, 0.2) is 5.82 Å². The summed E-state index contributed by atoms with van der Waals surface area (Å²) in [6.45, 7) is 4.59. The maximum Gasteiger partial charge on any atom is 0.252 e. The fourth-order valence-corrected chi connectivity index (χ4v) is 4.80. The van der Waals surface area contributed by atoms with E-state index in [1.165, 1.54) is 15.6 Å². The highest BCUT2D eigenvalue weighted by molar-refractivity contribution is 7.91. The molecule has 0 bridgehead atoms. The first kappa shape index (κ1) is 18.5. The van der Waals surface area contributed by atoms with Crippen LogP contribution >= 0.6 is 11.3 Å². The Kier molecular flexibility index (Phi) is 5.35. The van der Waals surface area contributed by atoms with Gasteiger partial charge in [0.2, 0.25) is 0 Å². The second-order valence-corrected chi connectivity index (χ2v) is 9.01. The van der Waals surface area contributed by atoms with Crippen LogP contribution in [-0.4, -0.2) is 52.6 Å². The number of likely N-dealkylation sites (N-methyl/N-ethyl adjacent to an activating group) is 1. The molecule has 0 unspecified atom stereocenters. The van der Waals surface area contributed by atoms with E-state index in [9.17, 15) is 8.42 Å². The lowest BCUT2D eigenvalue weighted by atomic mass is 10.4. The van der Waals surface area contributed by atoms with E-state index in [-0.39, 0.29) is 0 Å². The molecule has 3 heterocycles. The molecule has 0 radical (unpaired) electrons. The van der Waals surface area contributed by atoms with Gasteiger partial charge in [-0.1, -0.05) is 6.07 Å². The fourth-order valence-electron chi connectivity index (χ4n) is 2.43. The van der Waals surface area contributed by atoms with Crippen molar-refractivity contribution in [2.45, 2.75) is 18.1 Å². The maximum atomic E-state index is 12.4. The van der Waals surface area contributed by atoms with Crippen LogP contribution in [0.1, 0.15) is 11.4 Å². The molecule has 0 aliphatic carbocycles. The Morgan fingerprint density at radius 1 is 1.31 bits per heavy atom. The van der Waals surface area contributed by atoms with Crippen LogP contribution in [0.4, 0.5) is 5.82 Å². The van der Waals surface area contributed by atoms with Gasteiger partial charge in [-0.2, -0.15) is 9.40 Å². The van der Waals surface area contributed by atoms with E-state index in [4.69, 9.17) is 0 Å². The zero-order valence-corrected chi connectivity index (χ0v) is 16.4. The fraction of sp³-hybridized carbons (Fsp3) is 0.312. The Balaban J connectivity index is 1.64. The van der Waals surface area contributed by atoms with E-state index >= 15 is 0 Å². The molecule has 3 aromatic rings. The van der Waals surface area contributed by atoms with Crippen molar-refractivity contribution < 1.29 is 8.42 Å². The predicted molar refractivity (Wildman–Crippen MR) is 101 cm³/mol. The largest absolute Gasteiger partial charge is 0.367 e. The molecule has 8 nitrogen and oxygen atoms in total. The lowest BCUT2D eigenvalue weighted by molar-refractivity contribution is 0.482. The number of hydrogen-bond donors (Lipinski definition) is 1. The summed E-state index contributed by atoms with van der Waals surface area (Å²) < 4.78 is 28.2. The minimum atomic E-state index is -3.44. The third-order valence-electron chi connectivity index (χ3n) is 3.74. The Bertz CT molecular complexity index is 982. The highest BCUT2D eigenvalue weighted by Crippen LogP contribution is 2.19. The van der Waals surface area contributed by atoms with Crippen molar-refractivity contribution in [3.63, 3.8) is 0 Å². The molecular formula is C16H20N6O2S2. The van der Waals surface area contributed by atoms with Gasteiger partial charge in [0.05, 0.1) is 18.1 Å². The molecule has 0 spiro atoms.